The van der Waals surface area contributed by atoms with Crippen molar-refractivity contribution in [1.29, 1.82) is 0 Å². The topological polar surface area (TPSA) is 55.4 Å². The molecule has 0 atom stereocenters. The van der Waals surface area contributed by atoms with E-state index >= 15 is 0 Å². The van der Waals surface area contributed by atoms with Crippen molar-refractivity contribution in [3.63, 3.8) is 0 Å². The van der Waals surface area contributed by atoms with Crippen LogP contribution in [0.4, 0.5) is 5.69 Å². The minimum atomic E-state index is 0.00532. The Kier molecular flexibility index (Phi) is 4.51. The molecule has 0 heterocycles. The first kappa shape index (κ1) is 12.2. The maximum atomic E-state index is 11.8. The van der Waals surface area contributed by atoms with Gasteiger partial charge in [-0.25, -0.2) is 0 Å². The molecule has 0 bridgehead atoms. The van der Waals surface area contributed by atoms with E-state index in [0.29, 0.717) is 29.8 Å². The average Bonchev–Trinajstić information content (AvgIpc) is 2.30. The Balaban J connectivity index is 3.15. The summed E-state index contributed by atoms with van der Waals surface area (Å²) >= 11 is 0. The van der Waals surface area contributed by atoms with Gasteiger partial charge in [0.05, 0.1) is 12.8 Å². The van der Waals surface area contributed by atoms with Crippen molar-refractivity contribution in [1.82, 2.24) is 0 Å². The van der Waals surface area contributed by atoms with Crippen LogP contribution >= 0.6 is 0 Å². The number of ether oxygens (including phenoxy) is 1. The SMILES string of the molecule is CCCC(=O)c1cccc(OC)c1NC=O. The predicted molar refractivity (Wildman–Crippen MR) is 61.9 cm³/mol. The smallest absolute Gasteiger partial charge is 0.211 e. The van der Waals surface area contributed by atoms with Gasteiger partial charge in [-0.3, -0.25) is 9.59 Å². The number of hydrogen-bond donors (Lipinski definition) is 1. The maximum Gasteiger partial charge on any atom is 0.211 e. The Labute approximate surface area is 94.6 Å². The Morgan fingerprint density at radius 3 is 2.81 bits per heavy atom. The number of carbonyl (C=O) groups is 2. The van der Waals surface area contributed by atoms with Gasteiger partial charge in [-0.15, -0.1) is 0 Å². The lowest BCUT2D eigenvalue weighted by Gasteiger charge is -2.11. The van der Waals surface area contributed by atoms with Crippen LogP contribution < -0.4 is 10.1 Å². The van der Waals surface area contributed by atoms with Crippen molar-refractivity contribution in [2.75, 3.05) is 12.4 Å². The summed E-state index contributed by atoms with van der Waals surface area (Å²) in [6.07, 6.45) is 1.78. The fraction of sp³-hybridized carbons (Fsp3) is 0.333. The van der Waals surface area contributed by atoms with Crippen LogP contribution in [-0.4, -0.2) is 19.3 Å². The molecule has 0 spiro atoms. The van der Waals surface area contributed by atoms with E-state index in [4.69, 9.17) is 4.74 Å². The summed E-state index contributed by atoms with van der Waals surface area (Å²) in [7, 11) is 1.50. The molecule has 0 saturated carbocycles. The molecule has 0 radical (unpaired) electrons. The second kappa shape index (κ2) is 5.90. The standard InChI is InChI=1S/C12H15NO3/c1-3-5-10(15)9-6-4-7-11(16-2)12(9)13-8-14/h4,6-8H,3,5H2,1-2H3,(H,13,14). The number of ketones is 1. The third-order valence-electron chi connectivity index (χ3n) is 2.23. The van der Waals surface area contributed by atoms with Crippen LogP contribution in [0.2, 0.25) is 0 Å². The van der Waals surface area contributed by atoms with Gasteiger partial charge in [0.25, 0.3) is 0 Å². The maximum absolute atomic E-state index is 11.8. The zero-order chi connectivity index (χ0) is 12.0. The number of amides is 1. The van der Waals surface area contributed by atoms with Gasteiger partial charge in [0.2, 0.25) is 6.41 Å². The highest BCUT2D eigenvalue weighted by Crippen LogP contribution is 2.28. The number of hydrogen-bond acceptors (Lipinski definition) is 3. The van der Waals surface area contributed by atoms with E-state index in [-0.39, 0.29) is 5.78 Å². The van der Waals surface area contributed by atoms with E-state index in [1.165, 1.54) is 7.11 Å². The molecule has 1 amide bonds. The minimum Gasteiger partial charge on any atom is -0.495 e. The predicted octanol–water partition coefficient (Wildman–Crippen LogP) is 2.25. The molecule has 0 unspecified atom stereocenters. The molecule has 0 fully saturated rings. The number of anilines is 1. The first-order chi connectivity index (χ1) is 7.74. The third kappa shape index (κ3) is 2.59. The summed E-state index contributed by atoms with van der Waals surface area (Å²) in [5.41, 5.74) is 0.937. The highest BCUT2D eigenvalue weighted by molar-refractivity contribution is 6.04. The third-order valence-corrected chi connectivity index (χ3v) is 2.23. The van der Waals surface area contributed by atoms with E-state index in [1.54, 1.807) is 18.2 Å². The molecule has 4 heteroatoms. The molecule has 1 aromatic rings. The highest BCUT2D eigenvalue weighted by Gasteiger charge is 2.14. The van der Waals surface area contributed by atoms with Crippen LogP contribution in [0.25, 0.3) is 0 Å². The van der Waals surface area contributed by atoms with Gasteiger partial charge >= 0.3 is 0 Å². The van der Waals surface area contributed by atoms with Crippen LogP contribution in [0.1, 0.15) is 30.1 Å². The molecule has 0 aliphatic carbocycles. The highest BCUT2D eigenvalue weighted by atomic mass is 16.5. The molecule has 0 aromatic heterocycles. The van der Waals surface area contributed by atoms with Crippen molar-refractivity contribution in [2.45, 2.75) is 19.8 Å². The zero-order valence-electron chi connectivity index (χ0n) is 9.45. The van der Waals surface area contributed by atoms with Crippen molar-refractivity contribution < 1.29 is 14.3 Å². The van der Waals surface area contributed by atoms with Gasteiger partial charge in [0.1, 0.15) is 5.75 Å². The lowest BCUT2D eigenvalue weighted by atomic mass is 10.0. The molecule has 1 rings (SSSR count). The minimum absolute atomic E-state index is 0.00532. The summed E-state index contributed by atoms with van der Waals surface area (Å²) < 4.78 is 5.09. The van der Waals surface area contributed by atoms with Gasteiger partial charge in [0, 0.05) is 12.0 Å². The second-order valence-electron chi connectivity index (χ2n) is 3.32. The lowest BCUT2D eigenvalue weighted by molar-refractivity contribution is -0.105. The molecular weight excluding hydrogens is 206 g/mol. The molecular formula is C12H15NO3. The number of para-hydroxylation sites is 1. The number of benzene rings is 1. The molecule has 0 aliphatic heterocycles. The van der Waals surface area contributed by atoms with Crippen LogP contribution in [-0.2, 0) is 4.79 Å². The number of nitrogens with one attached hydrogen (secondary N) is 1. The monoisotopic (exact) mass is 221 g/mol. The summed E-state index contributed by atoms with van der Waals surface area (Å²) in [5, 5.41) is 2.51. The second-order valence-corrected chi connectivity index (χ2v) is 3.32. The van der Waals surface area contributed by atoms with Gasteiger partial charge in [-0.05, 0) is 18.6 Å². The van der Waals surface area contributed by atoms with E-state index in [1.807, 2.05) is 6.92 Å². The number of carbonyl (C=O) groups excluding carboxylic acids is 2. The molecule has 1 N–H and O–H groups in total. The Morgan fingerprint density at radius 1 is 1.50 bits per heavy atom. The summed E-state index contributed by atoms with van der Waals surface area (Å²) in [6.45, 7) is 1.94. The molecule has 4 nitrogen and oxygen atoms in total. The largest absolute Gasteiger partial charge is 0.495 e. The van der Waals surface area contributed by atoms with Crippen LogP contribution in [0, 0.1) is 0 Å². The zero-order valence-corrected chi connectivity index (χ0v) is 9.45. The first-order valence-corrected chi connectivity index (χ1v) is 5.15. The van der Waals surface area contributed by atoms with Gasteiger partial charge in [-0.1, -0.05) is 13.0 Å². The fourth-order valence-corrected chi connectivity index (χ4v) is 1.50. The Morgan fingerprint density at radius 2 is 2.25 bits per heavy atom. The normalized spacial score (nSPS) is 9.62. The number of rotatable bonds is 6. The number of methoxy groups -OCH3 is 1. The molecule has 16 heavy (non-hydrogen) atoms. The van der Waals surface area contributed by atoms with Gasteiger partial charge in [-0.2, -0.15) is 0 Å². The molecule has 86 valence electrons. The van der Waals surface area contributed by atoms with E-state index in [9.17, 15) is 9.59 Å². The molecule has 0 aliphatic rings. The molecule has 0 saturated heterocycles. The van der Waals surface area contributed by atoms with Gasteiger partial charge in [0.15, 0.2) is 5.78 Å². The Hall–Kier alpha value is -1.84. The molecule has 1 aromatic carbocycles. The van der Waals surface area contributed by atoms with E-state index in [0.717, 1.165) is 6.42 Å². The van der Waals surface area contributed by atoms with Gasteiger partial charge < -0.3 is 10.1 Å². The Bertz CT molecular complexity index is 388. The first-order valence-electron chi connectivity index (χ1n) is 5.15. The summed E-state index contributed by atoms with van der Waals surface area (Å²) in [6, 6.07) is 5.12. The number of Topliss-reactive ketones (excluding diaryl/α,β-unsaturated/α-hetero) is 1. The fourth-order valence-electron chi connectivity index (χ4n) is 1.50. The van der Waals surface area contributed by atoms with Crippen molar-refractivity contribution in [3.8, 4) is 5.75 Å². The van der Waals surface area contributed by atoms with Crippen LogP contribution in [0.15, 0.2) is 18.2 Å². The van der Waals surface area contributed by atoms with Crippen molar-refractivity contribution in [3.05, 3.63) is 23.8 Å². The van der Waals surface area contributed by atoms with Crippen molar-refractivity contribution >= 4 is 17.9 Å². The van der Waals surface area contributed by atoms with E-state index in [2.05, 4.69) is 5.32 Å². The average molecular weight is 221 g/mol. The summed E-state index contributed by atoms with van der Waals surface area (Å²) in [5.74, 6) is 0.500. The summed E-state index contributed by atoms with van der Waals surface area (Å²) in [4.78, 5) is 22.3. The van der Waals surface area contributed by atoms with E-state index < -0.39 is 0 Å². The van der Waals surface area contributed by atoms with Crippen LogP contribution in [0.5, 0.6) is 5.75 Å². The van der Waals surface area contributed by atoms with Crippen molar-refractivity contribution in [2.24, 2.45) is 0 Å². The quantitative estimate of drug-likeness (QED) is 0.592. The lowest BCUT2D eigenvalue weighted by Crippen LogP contribution is -2.06. The van der Waals surface area contributed by atoms with Crippen LogP contribution in [0.3, 0.4) is 0 Å².